The van der Waals surface area contributed by atoms with Crippen LogP contribution in [0.15, 0.2) is 30.3 Å². The van der Waals surface area contributed by atoms with Crippen LogP contribution in [-0.4, -0.2) is 44.0 Å². The van der Waals surface area contributed by atoms with E-state index in [-0.39, 0.29) is 0 Å². The van der Waals surface area contributed by atoms with Crippen molar-refractivity contribution in [3.05, 3.63) is 35.9 Å². The molecule has 0 radical (unpaired) electrons. The normalized spacial score (nSPS) is 22.4. The van der Waals surface area contributed by atoms with Crippen molar-refractivity contribution >= 4 is 6.29 Å². The first kappa shape index (κ1) is 15.2. The minimum atomic E-state index is -0.454. The summed E-state index contributed by atoms with van der Waals surface area (Å²) in [5, 5.41) is 0. The molecule has 1 heterocycles. The van der Waals surface area contributed by atoms with Gasteiger partial charge in [0.15, 0.2) is 0 Å². The minimum Gasteiger partial charge on any atom is -0.377 e. The predicted octanol–water partition coefficient (Wildman–Crippen LogP) is 2.64. The molecule has 2 atom stereocenters. The van der Waals surface area contributed by atoms with Crippen LogP contribution in [0.4, 0.5) is 0 Å². The van der Waals surface area contributed by atoms with Gasteiger partial charge in [0.05, 0.1) is 11.5 Å². The van der Waals surface area contributed by atoms with Gasteiger partial charge in [-0.3, -0.25) is 0 Å². The third kappa shape index (κ3) is 3.90. The van der Waals surface area contributed by atoms with E-state index in [0.29, 0.717) is 6.10 Å². The summed E-state index contributed by atoms with van der Waals surface area (Å²) in [5.74, 6) is 0. The Hall–Kier alpha value is -1.19. The van der Waals surface area contributed by atoms with Crippen LogP contribution >= 0.6 is 0 Å². The van der Waals surface area contributed by atoms with Gasteiger partial charge in [-0.1, -0.05) is 30.3 Å². The number of likely N-dealkylation sites (N-methyl/N-ethyl adjacent to an activating group) is 1. The zero-order valence-corrected chi connectivity index (χ0v) is 12.5. The van der Waals surface area contributed by atoms with Crippen molar-refractivity contribution in [3.63, 3.8) is 0 Å². The molecule has 1 aromatic rings. The van der Waals surface area contributed by atoms with E-state index in [0.717, 1.165) is 38.0 Å². The number of aldehydes is 1. The highest BCUT2D eigenvalue weighted by atomic mass is 16.5. The molecule has 3 heteroatoms. The molecule has 0 aliphatic carbocycles. The van der Waals surface area contributed by atoms with Gasteiger partial charge < -0.3 is 14.4 Å². The Bertz CT molecular complexity index is 414. The lowest BCUT2D eigenvalue weighted by atomic mass is 9.83. The van der Waals surface area contributed by atoms with E-state index in [1.54, 1.807) is 0 Å². The number of ether oxygens (including phenoxy) is 1. The molecule has 1 saturated heterocycles. The number of carbonyl (C=O) groups excluding carboxylic acids is 1. The molecule has 0 spiro atoms. The summed E-state index contributed by atoms with van der Waals surface area (Å²) >= 11 is 0. The van der Waals surface area contributed by atoms with Crippen LogP contribution in [0, 0.1) is 0 Å². The molecule has 1 aliphatic heterocycles. The Morgan fingerprint density at radius 1 is 1.35 bits per heavy atom. The first-order valence-corrected chi connectivity index (χ1v) is 7.46. The molecule has 1 aliphatic rings. The van der Waals surface area contributed by atoms with E-state index in [4.69, 9.17) is 4.74 Å². The number of hydrogen-bond donors (Lipinski definition) is 0. The molecule has 0 saturated carbocycles. The third-order valence-corrected chi connectivity index (χ3v) is 4.08. The predicted molar refractivity (Wildman–Crippen MR) is 80.9 cm³/mol. The Labute approximate surface area is 121 Å². The average Bonchev–Trinajstić information content (AvgIpc) is 2.49. The molecule has 110 valence electrons. The van der Waals surface area contributed by atoms with Gasteiger partial charge in [0.2, 0.25) is 0 Å². The summed E-state index contributed by atoms with van der Waals surface area (Å²) < 4.78 is 5.77. The number of carbonyl (C=O) groups is 1. The lowest BCUT2D eigenvalue weighted by Gasteiger charge is -2.33. The van der Waals surface area contributed by atoms with Gasteiger partial charge in [0, 0.05) is 19.7 Å². The van der Waals surface area contributed by atoms with Crippen LogP contribution in [0.3, 0.4) is 0 Å². The molecule has 0 N–H and O–H groups in total. The molecule has 20 heavy (non-hydrogen) atoms. The maximum Gasteiger partial charge on any atom is 0.131 e. The second kappa shape index (κ2) is 7.00. The Morgan fingerprint density at radius 3 is 2.70 bits per heavy atom. The van der Waals surface area contributed by atoms with Crippen molar-refractivity contribution < 1.29 is 9.53 Å². The quantitative estimate of drug-likeness (QED) is 0.748. The molecule has 0 aromatic heterocycles. The SMILES string of the molecule is CN(CC1CCCCO1)CC(C)(C=O)c1ccccc1. The van der Waals surface area contributed by atoms with Crippen molar-refractivity contribution in [2.45, 2.75) is 37.7 Å². The maximum atomic E-state index is 11.6. The molecule has 3 nitrogen and oxygen atoms in total. The van der Waals surface area contributed by atoms with E-state index in [2.05, 4.69) is 11.9 Å². The fourth-order valence-electron chi connectivity index (χ4n) is 2.94. The van der Waals surface area contributed by atoms with E-state index in [9.17, 15) is 4.79 Å². The number of nitrogens with zero attached hydrogens (tertiary/aromatic N) is 1. The van der Waals surface area contributed by atoms with Crippen molar-refractivity contribution in [2.75, 3.05) is 26.7 Å². The van der Waals surface area contributed by atoms with Gasteiger partial charge in [-0.2, -0.15) is 0 Å². The summed E-state index contributed by atoms with van der Waals surface area (Å²) in [6, 6.07) is 10.0. The van der Waals surface area contributed by atoms with Crippen molar-refractivity contribution in [1.29, 1.82) is 0 Å². The zero-order chi connectivity index (χ0) is 14.4. The van der Waals surface area contributed by atoms with Crippen LogP contribution < -0.4 is 0 Å². The molecular weight excluding hydrogens is 250 g/mol. The molecule has 1 aromatic carbocycles. The standard InChI is InChI=1S/C17H25NO2/c1-17(14-19,15-8-4-3-5-9-15)13-18(2)12-16-10-6-7-11-20-16/h3-5,8-9,14,16H,6-7,10-13H2,1-2H3. The summed E-state index contributed by atoms with van der Waals surface area (Å²) in [6.07, 6.45) is 4.95. The van der Waals surface area contributed by atoms with Gasteiger partial charge >= 0.3 is 0 Å². The van der Waals surface area contributed by atoms with Crippen LogP contribution in [-0.2, 0) is 14.9 Å². The van der Waals surface area contributed by atoms with Crippen molar-refractivity contribution in [1.82, 2.24) is 4.90 Å². The van der Waals surface area contributed by atoms with Crippen molar-refractivity contribution in [3.8, 4) is 0 Å². The number of hydrogen-bond acceptors (Lipinski definition) is 3. The first-order chi connectivity index (χ1) is 9.64. The van der Waals surface area contributed by atoms with Gasteiger partial charge in [-0.15, -0.1) is 0 Å². The number of benzene rings is 1. The Kier molecular flexibility index (Phi) is 5.32. The summed E-state index contributed by atoms with van der Waals surface area (Å²) in [5.41, 5.74) is 0.622. The summed E-state index contributed by atoms with van der Waals surface area (Å²) in [4.78, 5) is 13.8. The molecular formula is C17H25NO2. The lowest BCUT2D eigenvalue weighted by Crippen LogP contribution is -2.42. The Balaban J connectivity index is 1.96. The number of rotatable bonds is 6. The summed E-state index contributed by atoms with van der Waals surface area (Å²) in [6.45, 7) is 4.51. The van der Waals surface area contributed by atoms with E-state index in [1.807, 2.05) is 37.3 Å². The molecule has 2 unspecified atom stereocenters. The zero-order valence-electron chi connectivity index (χ0n) is 12.5. The minimum absolute atomic E-state index is 0.320. The second-order valence-corrected chi connectivity index (χ2v) is 6.09. The second-order valence-electron chi connectivity index (χ2n) is 6.09. The van der Waals surface area contributed by atoms with Crippen molar-refractivity contribution in [2.24, 2.45) is 0 Å². The van der Waals surface area contributed by atoms with Gasteiger partial charge in [0.25, 0.3) is 0 Å². The molecule has 2 rings (SSSR count). The molecule has 1 fully saturated rings. The molecule has 0 bridgehead atoms. The average molecular weight is 275 g/mol. The summed E-state index contributed by atoms with van der Waals surface area (Å²) in [7, 11) is 2.07. The highest BCUT2D eigenvalue weighted by Gasteiger charge is 2.28. The maximum absolute atomic E-state index is 11.6. The Morgan fingerprint density at radius 2 is 2.10 bits per heavy atom. The topological polar surface area (TPSA) is 29.5 Å². The van der Waals surface area contributed by atoms with E-state index in [1.165, 1.54) is 12.8 Å². The van der Waals surface area contributed by atoms with Gasteiger partial charge in [-0.25, -0.2) is 0 Å². The van der Waals surface area contributed by atoms with Crippen LogP contribution in [0.2, 0.25) is 0 Å². The fourth-order valence-corrected chi connectivity index (χ4v) is 2.94. The highest BCUT2D eigenvalue weighted by molar-refractivity contribution is 5.68. The fraction of sp³-hybridized carbons (Fsp3) is 0.588. The first-order valence-electron chi connectivity index (χ1n) is 7.46. The van der Waals surface area contributed by atoms with E-state index >= 15 is 0 Å². The lowest BCUT2D eigenvalue weighted by molar-refractivity contribution is -0.113. The third-order valence-electron chi connectivity index (χ3n) is 4.08. The largest absolute Gasteiger partial charge is 0.377 e. The smallest absolute Gasteiger partial charge is 0.131 e. The monoisotopic (exact) mass is 275 g/mol. The van der Waals surface area contributed by atoms with E-state index < -0.39 is 5.41 Å². The highest BCUT2D eigenvalue weighted by Crippen LogP contribution is 2.23. The van der Waals surface area contributed by atoms with Crippen LogP contribution in [0.1, 0.15) is 31.7 Å². The molecule has 0 amide bonds. The van der Waals surface area contributed by atoms with Crippen LogP contribution in [0.25, 0.3) is 0 Å². The van der Waals surface area contributed by atoms with Gasteiger partial charge in [-0.05, 0) is 38.8 Å². The van der Waals surface area contributed by atoms with Crippen LogP contribution in [0.5, 0.6) is 0 Å². The van der Waals surface area contributed by atoms with Gasteiger partial charge in [0.1, 0.15) is 6.29 Å².